The van der Waals surface area contributed by atoms with E-state index in [2.05, 4.69) is 12.2 Å². The molecule has 2 N–H and O–H groups in total. The number of rotatable bonds is 6. The van der Waals surface area contributed by atoms with Gasteiger partial charge in [0.25, 0.3) is 11.8 Å². The van der Waals surface area contributed by atoms with Gasteiger partial charge in [-0.2, -0.15) is 0 Å². The van der Waals surface area contributed by atoms with Crippen LogP contribution in [-0.4, -0.2) is 62.5 Å². The largest absolute Gasteiger partial charge is 0.462 e. The van der Waals surface area contributed by atoms with Gasteiger partial charge in [-0.1, -0.05) is 0 Å². The third-order valence-corrected chi connectivity index (χ3v) is 6.14. The minimum Gasteiger partial charge on any atom is -0.462 e. The number of carbonyl (C=O) groups is 3. The number of carbonyl (C=O) groups excluding carboxylic acids is 3. The molecule has 8 heteroatoms. The number of hydrogen-bond donors (Lipinski definition) is 2. The van der Waals surface area contributed by atoms with Gasteiger partial charge in [-0.3, -0.25) is 9.59 Å². The Hall–Kier alpha value is -1.93. The van der Waals surface area contributed by atoms with E-state index in [4.69, 9.17) is 4.74 Å². The van der Waals surface area contributed by atoms with Gasteiger partial charge in [0.1, 0.15) is 5.00 Å². The second-order valence-corrected chi connectivity index (χ2v) is 8.23. The van der Waals surface area contributed by atoms with E-state index >= 15 is 0 Å². The van der Waals surface area contributed by atoms with E-state index in [9.17, 15) is 14.4 Å². The first-order chi connectivity index (χ1) is 12.8. The molecule has 150 valence electrons. The van der Waals surface area contributed by atoms with Crippen LogP contribution in [0.4, 0.5) is 5.00 Å². The van der Waals surface area contributed by atoms with Crippen molar-refractivity contribution in [1.82, 2.24) is 4.90 Å². The maximum absolute atomic E-state index is 12.6. The molecule has 0 spiro atoms. The lowest BCUT2D eigenvalue weighted by Gasteiger charge is -2.29. The highest BCUT2D eigenvalue weighted by molar-refractivity contribution is 7.18. The lowest BCUT2D eigenvalue weighted by atomic mass is 10.0. The number of likely N-dealkylation sites (tertiary alicyclic amines) is 1. The fourth-order valence-corrected chi connectivity index (χ4v) is 4.58. The van der Waals surface area contributed by atoms with Crippen LogP contribution in [0, 0.1) is 6.92 Å². The molecule has 1 aromatic rings. The fourth-order valence-electron chi connectivity index (χ4n) is 3.35. The van der Waals surface area contributed by atoms with Crippen LogP contribution >= 0.6 is 11.3 Å². The normalized spacial score (nSPS) is 19.4. The Balaban J connectivity index is 2.25. The summed E-state index contributed by atoms with van der Waals surface area (Å²) in [6.45, 7) is 7.17. The highest BCUT2D eigenvalue weighted by atomic mass is 32.1. The summed E-state index contributed by atoms with van der Waals surface area (Å²) >= 11 is 1.13. The molecule has 7 nitrogen and oxygen atoms in total. The van der Waals surface area contributed by atoms with Crippen molar-refractivity contribution >= 4 is 34.1 Å². The van der Waals surface area contributed by atoms with Crippen molar-refractivity contribution in [1.29, 1.82) is 0 Å². The summed E-state index contributed by atoms with van der Waals surface area (Å²) in [6, 6.07) is 0.449. The predicted octanol–water partition coefficient (Wildman–Crippen LogP) is 1.33. The number of amides is 2. The van der Waals surface area contributed by atoms with Crippen LogP contribution in [0.3, 0.4) is 0 Å². The van der Waals surface area contributed by atoms with E-state index < -0.39 is 5.97 Å². The molecule has 2 atom stereocenters. The van der Waals surface area contributed by atoms with E-state index in [-0.39, 0.29) is 24.0 Å². The van der Waals surface area contributed by atoms with Gasteiger partial charge in [-0.05, 0) is 45.6 Å². The Labute approximate surface area is 164 Å². The molecule has 2 amide bonds. The van der Waals surface area contributed by atoms with Gasteiger partial charge in [0, 0.05) is 14.1 Å². The number of ether oxygens (including phenoxy) is 1. The lowest BCUT2D eigenvalue weighted by Crippen LogP contribution is -3.17. The average molecular weight is 397 g/mol. The molecule has 0 radical (unpaired) electrons. The maximum Gasteiger partial charge on any atom is 0.341 e. The van der Waals surface area contributed by atoms with Gasteiger partial charge in [0.15, 0.2) is 6.54 Å². The highest BCUT2D eigenvalue weighted by Crippen LogP contribution is 2.34. The molecule has 1 aliphatic heterocycles. The molecular weight excluding hydrogens is 366 g/mol. The SMILES string of the molecule is CCOC(=O)c1c(NC(=O)C[NH+]2CCCC[C@H]2C)sc(C(=O)N(C)C)c1C. The number of anilines is 1. The minimum absolute atomic E-state index is 0.144. The van der Waals surface area contributed by atoms with Gasteiger partial charge >= 0.3 is 5.97 Å². The van der Waals surface area contributed by atoms with Crippen molar-refractivity contribution in [3.63, 3.8) is 0 Å². The van der Waals surface area contributed by atoms with Crippen molar-refractivity contribution in [3.8, 4) is 0 Å². The summed E-state index contributed by atoms with van der Waals surface area (Å²) in [5.41, 5.74) is 0.827. The van der Waals surface area contributed by atoms with Crippen LogP contribution in [0.25, 0.3) is 0 Å². The van der Waals surface area contributed by atoms with E-state index in [0.29, 0.717) is 28.0 Å². The number of thiophene rings is 1. The standard InChI is InChI=1S/C19H29N3O4S/c1-6-26-19(25)15-13(3)16(18(24)21(4)5)27-17(15)20-14(23)11-22-10-8-7-9-12(22)2/h12H,6-11H2,1-5H3,(H,20,23)/p+1/t12-/m1/s1. The highest BCUT2D eigenvalue weighted by Gasteiger charge is 2.29. The second-order valence-electron chi connectivity index (χ2n) is 7.21. The zero-order chi connectivity index (χ0) is 20.1. The average Bonchev–Trinajstić information content (AvgIpc) is 2.92. The van der Waals surface area contributed by atoms with Crippen molar-refractivity contribution in [2.75, 3.05) is 39.1 Å². The van der Waals surface area contributed by atoms with E-state index in [1.807, 2.05) is 0 Å². The Morgan fingerprint density at radius 3 is 2.59 bits per heavy atom. The van der Waals surface area contributed by atoms with Crippen molar-refractivity contribution in [2.45, 2.75) is 46.1 Å². The summed E-state index contributed by atoms with van der Waals surface area (Å²) in [4.78, 5) is 40.6. The Morgan fingerprint density at radius 2 is 2.00 bits per heavy atom. The van der Waals surface area contributed by atoms with Crippen molar-refractivity contribution in [3.05, 3.63) is 16.0 Å². The fraction of sp³-hybridized carbons (Fsp3) is 0.632. The van der Waals surface area contributed by atoms with Gasteiger partial charge in [0.05, 0.1) is 29.6 Å². The predicted molar refractivity (Wildman–Crippen MR) is 106 cm³/mol. The molecule has 1 aliphatic rings. The summed E-state index contributed by atoms with van der Waals surface area (Å²) in [5.74, 6) is -0.855. The summed E-state index contributed by atoms with van der Waals surface area (Å²) in [6.07, 6.45) is 3.45. The molecule has 1 saturated heterocycles. The van der Waals surface area contributed by atoms with E-state index in [1.54, 1.807) is 27.9 Å². The molecule has 1 aromatic heterocycles. The third-order valence-electron chi connectivity index (χ3n) is 4.95. The molecule has 0 aromatic carbocycles. The number of esters is 1. The van der Waals surface area contributed by atoms with Crippen LogP contribution in [0.1, 0.15) is 58.7 Å². The van der Waals surface area contributed by atoms with Crippen LogP contribution in [-0.2, 0) is 9.53 Å². The molecule has 0 bridgehead atoms. The summed E-state index contributed by atoms with van der Waals surface area (Å²) in [7, 11) is 3.32. The monoisotopic (exact) mass is 396 g/mol. The molecule has 0 saturated carbocycles. The van der Waals surface area contributed by atoms with E-state index in [1.165, 1.54) is 16.2 Å². The summed E-state index contributed by atoms with van der Waals surface area (Å²) < 4.78 is 5.14. The Kier molecular flexibility index (Phi) is 7.38. The molecule has 1 fully saturated rings. The lowest BCUT2D eigenvalue weighted by molar-refractivity contribution is -0.920. The second kappa shape index (κ2) is 9.32. The molecule has 2 heterocycles. The number of nitrogens with one attached hydrogen (secondary N) is 2. The zero-order valence-corrected chi connectivity index (χ0v) is 17.6. The Bertz CT molecular complexity index is 714. The van der Waals surface area contributed by atoms with Crippen molar-refractivity contribution < 1.29 is 24.0 Å². The van der Waals surface area contributed by atoms with Crippen molar-refractivity contribution in [2.24, 2.45) is 0 Å². The number of nitrogens with zero attached hydrogens (tertiary/aromatic N) is 1. The number of piperidine rings is 1. The molecular formula is C19H30N3O4S+. The maximum atomic E-state index is 12.6. The van der Waals surface area contributed by atoms with Gasteiger partial charge in [0.2, 0.25) is 0 Å². The Morgan fingerprint density at radius 1 is 1.30 bits per heavy atom. The van der Waals surface area contributed by atoms with Gasteiger partial charge in [-0.15, -0.1) is 11.3 Å². The van der Waals surface area contributed by atoms with Crippen LogP contribution < -0.4 is 10.2 Å². The molecule has 27 heavy (non-hydrogen) atoms. The first-order valence-electron chi connectivity index (χ1n) is 9.42. The van der Waals surface area contributed by atoms with Gasteiger partial charge in [-0.25, -0.2) is 4.79 Å². The summed E-state index contributed by atoms with van der Waals surface area (Å²) in [5, 5.41) is 3.25. The molecule has 2 rings (SSSR count). The molecule has 0 aliphatic carbocycles. The quantitative estimate of drug-likeness (QED) is 0.711. The van der Waals surface area contributed by atoms with Crippen LogP contribution in [0.5, 0.6) is 0 Å². The zero-order valence-electron chi connectivity index (χ0n) is 16.8. The molecule has 1 unspecified atom stereocenters. The first kappa shape index (κ1) is 21.4. The topological polar surface area (TPSA) is 80.1 Å². The number of quaternary nitrogens is 1. The van der Waals surface area contributed by atoms with Gasteiger partial charge < -0.3 is 19.9 Å². The smallest absolute Gasteiger partial charge is 0.341 e. The third kappa shape index (κ3) is 5.07. The first-order valence-corrected chi connectivity index (χ1v) is 10.2. The number of hydrogen-bond acceptors (Lipinski definition) is 5. The van der Waals surface area contributed by atoms with E-state index in [0.717, 1.165) is 30.7 Å². The van der Waals surface area contributed by atoms with Crippen LogP contribution in [0.2, 0.25) is 0 Å². The minimum atomic E-state index is -0.516. The van der Waals surface area contributed by atoms with Crippen LogP contribution in [0.15, 0.2) is 0 Å².